The van der Waals surface area contributed by atoms with Gasteiger partial charge in [-0.2, -0.15) is 0 Å². The number of rotatable bonds is 4. The summed E-state index contributed by atoms with van der Waals surface area (Å²) in [5.74, 6) is 0.961. The SMILES string of the molecule is COCc1ccccc1NC(=O)N1CCN(c2ccccn2)CC1. The monoisotopic (exact) mass is 326 g/mol. The van der Waals surface area contributed by atoms with Gasteiger partial charge in [-0.3, -0.25) is 0 Å². The average molecular weight is 326 g/mol. The van der Waals surface area contributed by atoms with Crippen LogP contribution < -0.4 is 10.2 Å². The number of amides is 2. The number of carbonyl (C=O) groups excluding carboxylic acids is 1. The molecular weight excluding hydrogens is 304 g/mol. The number of nitrogens with one attached hydrogen (secondary N) is 1. The lowest BCUT2D eigenvalue weighted by Crippen LogP contribution is -2.50. The first-order valence-electron chi connectivity index (χ1n) is 8.06. The van der Waals surface area contributed by atoms with E-state index >= 15 is 0 Å². The number of hydrogen-bond acceptors (Lipinski definition) is 4. The topological polar surface area (TPSA) is 57.7 Å². The Bertz CT molecular complexity index is 670. The predicted octanol–water partition coefficient (Wildman–Crippen LogP) is 2.58. The van der Waals surface area contributed by atoms with Crippen molar-refractivity contribution in [3.63, 3.8) is 0 Å². The Balaban J connectivity index is 1.58. The van der Waals surface area contributed by atoms with Crippen LogP contribution in [0.5, 0.6) is 0 Å². The summed E-state index contributed by atoms with van der Waals surface area (Å²) in [7, 11) is 1.65. The van der Waals surface area contributed by atoms with Crippen molar-refractivity contribution >= 4 is 17.5 Å². The fraction of sp³-hybridized carbons (Fsp3) is 0.333. The van der Waals surface area contributed by atoms with Crippen molar-refractivity contribution in [2.75, 3.05) is 43.5 Å². The fourth-order valence-electron chi connectivity index (χ4n) is 2.80. The number of nitrogens with zero attached hydrogens (tertiary/aromatic N) is 3. The van der Waals surface area contributed by atoms with Crippen LogP contribution in [-0.4, -0.2) is 49.2 Å². The summed E-state index contributed by atoms with van der Waals surface area (Å²) in [5.41, 5.74) is 1.77. The van der Waals surface area contributed by atoms with Crippen LogP contribution in [0.3, 0.4) is 0 Å². The molecule has 2 heterocycles. The van der Waals surface area contributed by atoms with Crippen LogP contribution in [0.25, 0.3) is 0 Å². The smallest absolute Gasteiger partial charge is 0.321 e. The molecule has 0 atom stereocenters. The standard InChI is InChI=1S/C18H22N4O2/c1-24-14-15-6-2-3-7-16(15)20-18(23)22-12-10-21(11-13-22)17-8-4-5-9-19-17/h2-9H,10-14H2,1H3,(H,20,23). The fourth-order valence-corrected chi connectivity index (χ4v) is 2.80. The van der Waals surface area contributed by atoms with Crippen molar-refractivity contribution in [1.82, 2.24) is 9.88 Å². The van der Waals surface area contributed by atoms with Crippen LogP contribution in [-0.2, 0) is 11.3 Å². The Hall–Kier alpha value is -2.60. The number of urea groups is 1. The van der Waals surface area contributed by atoms with Crippen molar-refractivity contribution in [3.8, 4) is 0 Å². The van der Waals surface area contributed by atoms with Crippen LogP contribution in [0, 0.1) is 0 Å². The van der Waals surface area contributed by atoms with Gasteiger partial charge in [0.15, 0.2) is 0 Å². The highest BCUT2D eigenvalue weighted by molar-refractivity contribution is 5.90. The quantitative estimate of drug-likeness (QED) is 0.938. The number of hydrogen-bond donors (Lipinski definition) is 1. The van der Waals surface area contributed by atoms with E-state index in [-0.39, 0.29) is 6.03 Å². The molecule has 1 saturated heterocycles. The van der Waals surface area contributed by atoms with Crippen LogP contribution in [0.1, 0.15) is 5.56 Å². The van der Waals surface area contributed by atoms with Gasteiger partial charge in [0.25, 0.3) is 0 Å². The minimum absolute atomic E-state index is 0.0702. The Labute approximate surface area is 142 Å². The van der Waals surface area contributed by atoms with Crippen LogP contribution in [0.4, 0.5) is 16.3 Å². The second kappa shape index (κ2) is 7.79. The van der Waals surface area contributed by atoms with E-state index in [1.165, 1.54) is 0 Å². The highest BCUT2D eigenvalue weighted by Gasteiger charge is 2.22. The van der Waals surface area contributed by atoms with E-state index < -0.39 is 0 Å². The van der Waals surface area contributed by atoms with Gasteiger partial charge in [0.2, 0.25) is 0 Å². The van der Waals surface area contributed by atoms with Gasteiger partial charge in [-0.1, -0.05) is 24.3 Å². The molecule has 1 fully saturated rings. The number of aromatic nitrogens is 1. The van der Waals surface area contributed by atoms with Gasteiger partial charge in [-0.25, -0.2) is 9.78 Å². The third-order valence-corrected chi connectivity index (χ3v) is 4.10. The molecule has 0 aliphatic carbocycles. The van der Waals surface area contributed by atoms with E-state index in [4.69, 9.17) is 4.74 Å². The van der Waals surface area contributed by atoms with Crippen LogP contribution in [0.15, 0.2) is 48.7 Å². The molecule has 126 valence electrons. The maximum atomic E-state index is 12.5. The predicted molar refractivity (Wildman–Crippen MR) is 94.2 cm³/mol. The first-order chi connectivity index (χ1) is 11.8. The second-order valence-corrected chi connectivity index (χ2v) is 5.68. The Kier molecular flexibility index (Phi) is 5.28. The molecule has 1 aromatic heterocycles. The molecule has 2 aromatic rings. The van der Waals surface area contributed by atoms with Crippen molar-refractivity contribution in [2.45, 2.75) is 6.61 Å². The third kappa shape index (κ3) is 3.83. The van der Waals surface area contributed by atoms with E-state index in [0.29, 0.717) is 19.7 Å². The molecule has 0 saturated carbocycles. The summed E-state index contributed by atoms with van der Waals surface area (Å²) in [6.45, 7) is 3.39. The molecule has 1 aliphatic heterocycles. The van der Waals surface area contributed by atoms with Crippen LogP contribution >= 0.6 is 0 Å². The van der Waals surface area contributed by atoms with Crippen molar-refractivity contribution in [3.05, 3.63) is 54.2 Å². The number of benzene rings is 1. The molecule has 6 heteroatoms. The molecular formula is C18H22N4O2. The number of carbonyl (C=O) groups is 1. The van der Waals surface area contributed by atoms with Gasteiger partial charge >= 0.3 is 6.03 Å². The lowest BCUT2D eigenvalue weighted by molar-refractivity contribution is 0.185. The largest absolute Gasteiger partial charge is 0.380 e. The lowest BCUT2D eigenvalue weighted by Gasteiger charge is -2.35. The zero-order valence-corrected chi connectivity index (χ0v) is 13.8. The molecule has 0 spiro atoms. The number of para-hydroxylation sites is 1. The molecule has 24 heavy (non-hydrogen) atoms. The highest BCUT2D eigenvalue weighted by Crippen LogP contribution is 2.18. The first-order valence-corrected chi connectivity index (χ1v) is 8.06. The Morgan fingerprint density at radius 2 is 1.88 bits per heavy atom. The van der Waals surface area contributed by atoms with E-state index in [9.17, 15) is 4.79 Å². The van der Waals surface area contributed by atoms with Gasteiger partial charge in [0.1, 0.15) is 5.82 Å². The molecule has 0 radical (unpaired) electrons. The van der Waals surface area contributed by atoms with Gasteiger partial charge in [-0.05, 0) is 18.2 Å². The average Bonchev–Trinajstić information content (AvgIpc) is 2.64. The molecule has 1 N–H and O–H groups in total. The molecule has 3 rings (SSSR count). The summed E-state index contributed by atoms with van der Waals surface area (Å²) < 4.78 is 5.18. The molecule has 0 bridgehead atoms. The summed E-state index contributed by atoms with van der Waals surface area (Å²) in [5, 5.41) is 2.99. The number of ether oxygens (including phenoxy) is 1. The van der Waals surface area contributed by atoms with Crippen molar-refractivity contribution in [1.29, 1.82) is 0 Å². The maximum absolute atomic E-state index is 12.5. The minimum atomic E-state index is -0.0702. The van der Waals surface area contributed by atoms with Gasteiger partial charge < -0.3 is 19.9 Å². The molecule has 2 amide bonds. The zero-order chi connectivity index (χ0) is 16.8. The number of methoxy groups -OCH3 is 1. The zero-order valence-electron chi connectivity index (χ0n) is 13.8. The minimum Gasteiger partial charge on any atom is -0.380 e. The number of anilines is 2. The van der Waals surface area contributed by atoms with Crippen molar-refractivity contribution < 1.29 is 9.53 Å². The molecule has 1 aliphatic rings. The maximum Gasteiger partial charge on any atom is 0.321 e. The summed E-state index contributed by atoms with van der Waals surface area (Å²) in [6, 6.07) is 13.5. The van der Waals surface area contributed by atoms with E-state index in [1.807, 2.05) is 47.4 Å². The normalized spacial score (nSPS) is 14.5. The lowest BCUT2D eigenvalue weighted by atomic mass is 10.2. The Morgan fingerprint density at radius 1 is 1.12 bits per heavy atom. The number of piperazine rings is 1. The summed E-state index contributed by atoms with van der Waals surface area (Å²) in [6.07, 6.45) is 1.79. The van der Waals surface area contributed by atoms with E-state index in [0.717, 1.165) is 30.2 Å². The molecule has 1 aromatic carbocycles. The summed E-state index contributed by atoms with van der Waals surface area (Å²) in [4.78, 5) is 20.9. The Morgan fingerprint density at radius 3 is 2.58 bits per heavy atom. The number of pyridine rings is 1. The van der Waals surface area contributed by atoms with Gasteiger partial charge in [0.05, 0.1) is 6.61 Å². The summed E-state index contributed by atoms with van der Waals surface area (Å²) >= 11 is 0. The van der Waals surface area contributed by atoms with Gasteiger partial charge in [-0.15, -0.1) is 0 Å². The van der Waals surface area contributed by atoms with E-state index in [2.05, 4.69) is 15.2 Å². The third-order valence-electron chi connectivity index (χ3n) is 4.10. The van der Waals surface area contributed by atoms with Crippen LogP contribution in [0.2, 0.25) is 0 Å². The van der Waals surface area contributed by atoms with E-state index in [1.54, 1.807) is 13.3 Å². The second-order valence-electron chi connectivity index (χ2n) is 5.68. The molecule has 6 nitrogen and oxygen atoms in total. The van der Waals surface area contributed by atoms with Crippen molar-refractivity contribution in [2.24, 2.45) is 0 Å². The first kappa shape index (κ1) is 16.3. The molecule has 0 unspecified atom stereocenters. The highest BCUT2D eigenvalue weighted by atomic mass is 16.5. The van der Waals surface area contributed by atoms with Gasteiger partial charge in [0, 0.05) is 50.7 Å².